The Balaban J connectivity index is 1.58. The third-order valence-corrected chi connectivity index (χ3v) is 5.07. The quantitative estimate of drug-likeness (QED) is 0.856. The van der Waals surface area contributed by atoms with Crippen molar-refractivity contribution in [3.8, 4) is 5.69 Å². The maximum atomic E-state index is 13.1. The number of carbonyl (C=O) groups is 1. The number of ether oxygens (including phenoxy) is 2. The van der Waals surface area contributed by atoms with E-state index in [4.69, 9.17) is 21.7 Å². The SMILES string of the molecule is O=C(c1c[nH]c(=S)n1-c1ccccc1)N1CCO[C@@H]([C@@H]2CCCO2)C1. The fourth-order valence-electron chi connectivity index (χ4n) is 3.50. The summed E-state index contributed by atoms with van der Waals surface area (Å²) in [4.78, 5) is 17.9. The lowest BCUT2D eigenvalue weighted by molar-refractivity contribution is -0.0868. The molecule has 0 spiro atoms. The second-order valence-corrected chi connectivity index (χ2v) is 6.75. The van der Waals surface area contributed by atoms with Gasteiger partial charge in [0.05, 0.1) is 12.7 Å². The van der Waals surface area contributed by atoms with Gasteiger partial charge in [0.2, 0.25) is 0 Å². The van der Waals surface area contributed by atoms with Gasteiger partial charge < -0.3 is 19.4 Å². The summed E-state index contributed by atoms with van der Waals surface area (Å²) < 4.78 is 13.9. The van der Waals surface area contributed by atoms with E-state index in [0.717, 1.165) is 25.1 Å². The molecular formula is C18H21N3O3S. The van der Waals surface area contributed by atoms with Gasteiger partial charge in [0.25, 0.3) is 5.91 Å². The lowest BCUT2D eigenvalue weighted by atomic mass is 10.1. The van der Waals surface area contributed by atoms with Crippen molar-refractivity contribution in [3.05, 3.63) is 47.0 Å². The van der Waals surface area contributed by atoms with E-state index in [1.54, 1.807) is 10.8 Å². The highest BCUT2D eigenvalue weighted by Gasteiger charge is 2.34. The van der Waals surface area contributed by atoms with E-state index >= 15 is 0 Å². The second-order valence-electron chi connectivity index (χ2n) is 6.36. The maximum absolute atomic E-state index is 13.1. The molecule has 1 aromatic heterocycles. The third kappa shape index (κ3) is 3.27. The first kappa shape index (κ1) is 16.5. The summed E-state index contributed by atoms with van der Waals surface area (Å²) >= 11 is 5.38. The Morgan fingerprint density at radius 2 is 1.96 bits per heavy atom. The first-order valence-corrected chi connectivity index (χ1v) is 9.03. The molecule has 0 aliphatic carbocycles. The highest BCUT2D eigenvalue weighted by atomic mass is 32.1. The average Bonchev–Trinajstić information content (AvgIpc) is 3.32. The molecule has 2 atom stereocenters. The Labute approximate surface area is 151 Å². The van der Waals surface area contributed by atoms with Crippen molar-refractivity contribution < 1.29 is 14.3 Å². The topological polar surface area (TPSA) is 59.5 Å². The van der Waals surface area contributed by atoms with Gasteiger partial charge in [-0.25, -0.2) is 0 Å². The number of carbonyl (C=O) groups excluding carboxylic acids is 1. The van der Waals surface area contributed by atoms with E-state index in [2.05, 4.69) is 4.98 Å². The Bertz CT molecular complexity index is 795. The van der Waals surface area contributed by atoms with Crippen molar-refractivity contribution in [3.63, 3.8) is 0 Å². The zero-order chi connectivity index (χ0) is 17.2. The molecule has 6 nitrogen and oxygen atoms in total. The molecule has 4 rings (SSSR count). The average molecular weight is 359 g/mol. The van der Waals surface area contributed by atoms with Crippen LogP contribution in [0.4, 0.5) is 0 Å². The number of nitrogens with zero attached hydrogens (tertiary/aromatic N) is 2. The van der Waals surface area contributed by atoms with Crippen molar-refractivity contribution >= 4 is 18.1 Å². The Morgan fingerprint density at radius 3 is 2.72 bits per heavy atom. The second kappa shape index (κ2) is 7.11. The van der Waals surface area contributed by atoms with E-state index in [1.807, 2.05) is 35.2 Å². The van der Waals surface area contributed by atoms with Gasteiger partial charge in [0.1, 0.15) is 11.8 Å². The number of hydrogen-bond donors (Lipinski definition) is 1. The predicted molar refractivity (Wildman–Crippen MR) is 95.6 cm³/mol. The van der Waals surface area contributed by atoms with Crippen molar-refractivity contribution in [1.29, 1.82) is 0 Å². The number of hydrogen-bond acceptors (Lipinski definition) is 4. The molecule has 2 fully saturated rings. The van der Waals surface area contributed by atoms with Crippen molar-refractivity contribution in [2.24, 2.45) is 0 Å². The number of morpholine rings is 1. The molecule has 7 heteroatoms. The lowest BCUT2D eigenvalue weighted by Crippen LogP contribution is -2.50. The van der Waals surface area contributed by atoms with E-state index in [0.29, 0.717) is 30.2 Å². The molecule has 0 unspecified atom stereocenters. The zero-order valence-electron chi connectivity index (χ0n) is 13.9. The molecule has 25 heavy (non-hydrogen) atoms. The van der Waals surface area contributed by atoms with Gasteiger partial charge in [0, 0.05) is 31.6 Å². The van der Waals surface area contributed by atoms with Crippen LogP contribution in [0, 0.1) is 4.77 Å². The summed E-state index contributed by atoms with van der Waals surface area (Å²) in [6.07, 6.45) is 3.79. The molecule has 2 saturated heterocycles. The standard InChI is InChI=1S/C18H21N3O3S/c22-17(20-8-10-24-16(12-20)15-7-4-9-23-15)14-11-19-18(25)21(14)13-5-2-1-3-6-13/h1-3,5-6,11,15-16H,4,7-10,12H2,(H,19,25)/t15-,16+/m0/s1. The number of aromatic nitrogens is 2. The molecule has 0 saturated carbocycles. The van der Waals surface area contributed by atoms with Gasteiger partial charge in [-0.15, -0.1) is 0 Å². The monoisotopic (exact) mass is 359 g/mol. The van der Waals surface area contributed by atoms with Crippen LogP contribution in [0.2, 0.25) is 0 Å². The number of nitrogens with one attached hydrogen (secondary N) is 1. The Kier molecular flexibility index (Phi) is 4.70. The Hall–Kier alpha value is -1.96. The molecule has 1 aromatic carbocycles. The third-order valence-electron chi connectivity index (χ3n) is 4.77. The minimum atomic E-state index is -0.0488. The number of benzene rings is 1. The fraction of sp³-hybridized carbons (Fsp3) is 0.444. The van der Waals surface area contributed by atoms with Crippen LogP contribution in [-0.4, -0.2) is 58.9 Å². The van der Waals surface area contributed by atoms with Crippen LogP contribution in [0.15, 0.2) is 36.5 Å². The highest BCUT2D eigenvalue weighted by Crippen LogP contribution is 2.22. The van der Waals surface area contributed by atoms with Crippen molar-refractivity contribution in [2.45, 2.75) is 25.0 Å². The molecule has 132 valence electrons. The molecular weight excluding hydrogens is 338 g/mol. The number of para-hydroxylation sites is 1. The molecule has 1 N–H and O–H groups in total. The van der Waals surface area contributed by atoms with Gasteiger partial charge in [-0.05, 0) is 37.2 Å². The summed E-state index contributed by atoms with van der Waals surface area (Å²) in [5, 5.41) is 0. The summed E-state index contributed by atoms with van der Waals surface area (Å²) in [5.41, 5.74) is 1.42. The van der Waals surface area contributed by atoms with E-state index < -0.39 is 0 Å². The van der Waals surface area contributed by atoms with E-state index in [1.165, 1.54) is 0 Å². The van der Waals surface area contributed by atoms with Crippen LogP contribution in [0.5, 0.6) is 0 Å². The molecule has 2 aliphatic heterocycles. The molecule has 2 aromatic rings. The largest absolute Gasteiger partial charge is 0.375 e. The van der Waals surface area contributed by atoms with Gasteiger partial charge in [-0.1, -0.05) is 18.2 Å². The zero-order valence-corrected chi connectivity index (χ0v) is 14.7. The summed E-state index contributed by atoms with van der Waals surface area (Å²) in [7, 11) is 0. The number of rotatable bonds is 3. The molecule has 2 aliphatic rings. The maximum Gasteiger partial charge on any atom is 0.272 e. The van der Waals surface area contributed by atoms with Crippen LogP contribution >= 0.6 is 12.2 Å². The van der Waals surface area contributed by atoms with E-state index in [9.17, 15) is 4.79 Å². The van der Waals surface area contributed by atoms with Crippen LogP contribution in [0.1, 0.15) is 23.3 Å². The van der Waals surface area contributed by atoms with Gasteiger partial charge in [0.15, 0.2) is 4.77 Å². The number of imidazole rings is 1. The number of amides is 1. The highest BCUT2D eigenvalue weighted by molar-refractivity contribution is 7.71. The first-order chi connectivity index (χ1) is 12.2. The lowest BCUT2D eigenvalue weighted by Gasteiger charge is -2.35. The minimum absolute atomic E-state index is 0.0394. The van der Waals surface area contributed by atoms with Crippen LogP contribution in [0.25, 0.3) is 5.69 Å². The molecule has 1 amide bonds. The predicted octanol–water partition coefficient (Wildman–Crippen LogP) is 2.55. The van der Waals surface area contributed by atoms with Crippen LogP contribution in [-0.2, 0) is 9.47 Å². The smallest absolute Gasteiger partial charge is 0.272 e. The van der Waals surface area contributed by atoms with Gasteiger partial charge >= 0.3 is 0 Å². The molecule has 3 heterocycles. The summed E-state index contributed by atoms with van der Waals surface area (Å²) in [5.74, 6) is -0.0394. The normalized spacial score (nSPS) is 23.8. The summed E-state index contributed by atoms with van der Waals surface area (Å²) in [6, 6.07) is 9.68. The van der Waals surface area contributed by atoms with Gasteiger partial charge in [-0.3, -0.25) is 9.36 Å². The number of aromatic amines is 1. The van der Waals surface area contributed by atoms with Crippen molar-refractivity contribution in [1.82, 2.24) is 14.5 Å². The van der Waals surface area contributed by atoms with Crippen LogP contribution < -0.4 is 0 Å². The van der Waals surface area contributed by atoms with Crippen molar-refractivity contribution in [2.75, 3.05) is 26.3 Å². The fourth-order valence-corrected chi connectivity index (χ4v) is 3.76. The van der Waals surface area contributed by atoms with Crippen LogP contribution in [0.3, 0.4) is 0 Å². The Morgan fingerprint density at radius 1 is 1.16 bits per heavy atom. The molecule has 0 bridgehead atoms. The summed E-state index contributed by atoms with van der Waals surface area (Å²) in [6.45, 7) is 2.45. The minimum Gasteiger partial charge on any atom is -0.375 e. The molecule has 0 radical (unpaired) electrons. The van der Waals surface area contributed by atoms with Gasteiger partial charge in [-0.2, -0.15) is 0 Å². The number of H-pyrrole nitrogens is 1. The van der Waals surface area contributed by atoms with E-state index in [-0.39, 0.29) is 18.1 Å². The first-order valence-electron chi connectivity index (χ1n) is 8.62.